The molecule has 0 saturated carbocycles. The number of benzene rings is 1. The highest BCUT2D eigenvalue weighted by atomic mass is 19.1. The van der Waals surface area contributed by atoms with Gasteiger partial charge in [-0.25, -0.2) is 4.39 Å². The van der Waals surface area contributed by atoms with E-state index in [9.17, 15) is 9.50 Å². The van der Waals surface area contributed by atoms with E-state index < -0.39 is 6.10 Å². The Balaban J connectivity index is 2.33. The number of halogens is 1. The lowest BCUT2D eigenvalue weighted by atomic mass is 10.0. The molecule has 1 heterocycles. The summed E-state index contributed by atoms with van der Waals surface area (Å²) in [6, 6.07) is 8.91. The average molecular weight is 274 g/mol. The van der Waals surface area contributed by atoms with Crippen LogP contribution in [-0.2, 0) is 6.54 Å². The standard InChI is InChI=1S/C16H19FN2O/c1-11-8-16(14(12(2)20)9-15(11)17)19(3)10-13-6-4-5-7-18-13/h4-9,12,20H,10H2,1-3H3. The Kier molecular flexibility index (Phi) is 4.35. The van der Waals surface area contributed by atoms with E-state index in [1.807, 2.05) is 30.1 Å². The Bertz CT molecular complexity index is 585. The number of hydrogen-bond donors (Lipinski definition) is 1. The third-order valence-corrected chi connectivity index (χ3v) is 3.29. The zero-order valence-corrected chi connectivity index (χ0v) is 12.0. The predicted molar refractivity (Wildman–Crippen MR) is 78.1 cm³/mol. The second-order valence-corrected chi connectivity index (χ2v) is 5.01. The molecule has 2 aromatic rings. The topological polar surface area (TPSA) is 36.4 Å². The number of nitrogens with zero attached hydrogens (tertiary/aromatic N) is 2. The zero-order chi connectivity index (χ0) is 14.7. The van der Waals surface area contributed by atoms with E-state index in [1.165, 1.54) is 6.07 Å². The first kappa shape index (κ1) is 14.5. The van der Waals surface area contributed by atoms with Crippen molar-refractivity contribution in [3.63, 3.8) is 0 Å². The lowest BCUT2D eigenvalue weighted by Gasteiger charge is -2.24. The molecular weight excluding hydrogens is 255 g/mol. The van der Waals surface area contributed by atoms with E-state index in [0.717, 1.165) is 11.4 Å². The first-order chi connectivity index (χ1) is 9.49. The molecule has 4 heteroatoms. The Labute approximate surface area is 118 Å². The third kappa shape index (κ3) is 3.14. The van der Waals surface area contributed by atoms with E-state index in [1.54, 1.807) is 26.1 Å². The number of aliphatic hydroxyl groups excluding tert-OH is 1. The summed E-state index contributed by atoms with van der Waals surface area (Å²) in [4.78, 5) is 6.25. The van der Waals surface area contributed by atoms with Gasteiger partial charge in [0, 0.05) is 24.5 Å². The van der Waals surface area contributed by atoms with Crippen LogP contribution in [0.4, 0.5) is 10.1 Å². The molecule has 1 aromatic heterocycles. The van der Waals surface area contributed by atoms with Crippen molar-refractivity contribution in [2.75, 3.05) is 11.9 Å². The molecule has 106 valence electrons. The van der Waals surface area contributed by atoms with E-state index in [-0.39, 0.29) is 5.82 Å². The number of rotatable bonds is 4. The first-order valence-corrected chi connectivity index (χ1v) is 6.58. The summed E-state index contributed by atoms with van der Waals surface area (Å²) in [7, 11) is 1.91. The maximum Gasteiger partial charge on any atom is 0.126 e. The van der Waals surface area contributed by atoms with E-state index in [4.69, 9.17) is 0 Å². The molecule has 0 radical (unpaired) electrons. The highest BCUT2D eigenvalue weighted by Crippen LogP contribution is 2.29. The SMILES string of the molecule is Cc1cc(N(C)Cc2ccccn2)c(C(C)O)cc1F. The Hall–Kier alpha value is -1.94. The van der Waals surface area contributed by atoms with Crippen molar-refractivity contribution in [3.8, 4) is 0 Å². The summed E-state index contributed by atoms with van der Waals surface area (Å²) in [6.07, 6.45) is 1.03. The summed E-state index contributed by atoms with van der Waals surface area (Å²) in [5.74, 6) is -0.295. The van der Waals surface area contributed by atoms with Gasteiger partial charge in [0.05, 0.1) is 18.3 Å². The molecule has 0 fully saturated rings. The van der Waals surface area contributed by atoms with Gasteiger partial charge in [0.2, 0.25) is 0 Å². The number of aryl methyl sites for hydroxylation is 1. The summed E-state index contributed by atoms with van der Waals surface area (Å²) < 4.78 is 13.7. The van der Waals surface area contributed by atoms with Crippen molar-refractivity contribution in [1.29, 1.82) is 0 Å². The van der Waals surface area contributed by atoms with Crippen LogP contribution >= 0.6 is 0 Å². The van der Waals surface area contributed by atoms with E-state index in [2.05, 4.69) is 4.98 Å². The minimum atomic E-state index is -0.716. The van der Waals surface area contributed by atoms with Gasteiger partial charge < -0.3 is 10.0 Å². The molecule has 0 spiro atoms. The molecule has 2 rings (SSSR count). The summed E-state index contributed by atoms with van der Waals surface area (Å²) in [5, 5.41) is 9.83. The maximum atomic E-state index is 13.7. The highest BCUT2D eigenvalue weighted by Gasteiger charge is 2.15. The van der Waals surface area contributed by atoms with Crippen LogP contribution in [0.1, 0.15) is 29.8 Å². The second-order valence-electron chi connectivity index (χ2n) is 5.01. The predicted octanol–water partition coefficient (Wildman–Crippen LogP) is 3.22. The molecule has 1 unspecified atom stereocenters. The van der Waals surface area contributed by atoms with Crippen molar-refractivity contribution in [2.45, 2.75) is 26.5 Å². The van der Waals surface area contributed by atoms with Gasteiger partial charge in [0.25, 0.3) is 0 Å². The summed E-state index contributed by atoms with van der Waals surface area (Å²) >= 11 is 0. The molecule has 0 saturated heterocycles. The van der Waals surface area contributed by atoms with E-state index in [0.29, 0.717) is 17.7 Å². The number of aromatic nitrogens is 1. The average Bonchev–Trinajstić information content (AvgIpc) is 2.42. The number of pyridine rings is 1. The fourth-order valence-corrected chi connectivity index (χ4v) is 2.17. The fraction of sp³-hybridized carbons (Fsp3) is 0.312. The van der Waals surface area contributed by atoms with Gasteiger partial charge in [0.1, 0.15) is 5.82 Å². The summed E-state index contributed by atoms with van der Waals surface area (Å²) in [6.45, 7) is 3.97. The second kappa shape index (κ2) is 6.01. The minimum absolute atomic E-state index is 0.295. The van der Waals surface area contributed by atoms with Crippen LogP contribution in [0.2, 0.25) is 0 Å². The Morgan fingerprint density at radius 2 is 2.10 bits per heavy atom. The molecule has 20 heavy (non-hydrogen) atoms. The van der Waals surface area contributed by atoms with Crippen LogP contribution in [0.15, 0.2) is 36.5 Å². The third-order valence-electron chi connectivity index (χ3n) is 3.29. The molecule has 0 amide bonds. The van der Waals surface area contributed by atoms with Gasteiger partial charge in [-0.2, -0.15) is 0 Å². The quantitative estimate of drug-likeness (QED) is 0.930. The Morgan fingerprint density at radius 1 is 1.35 bits per heavy atom. The molecule has 1 N–H and O–H groups in total. The van der Waals surface area contributed by atoms with Crippen LogP contribution in [0.5, 0.6) is 0 Å². The fourth-order valence-electron chi connectivity index (χ4n) is 2.17. The van der Waals surface area contributed by atoms with Crippen molar-refractivity contribution >= 4 is 5.69 Å². The number of anilines is 1. The smallest absolute Gasteiger partial charge is 0.126 e. The lowest BCUT2D eigenvalue weighted by molar-refractivity contribution is 0.199. The van der Waals surface area contributed by atoms with Crippen molar-refractivity contribution in [2.24, 2.45) is 0 Å². The normalized spacial score (nSPS) is 12.2. The lowest BCUT2D eigenvalue weighted by Crippen LogP contribution is -2.19. The van der Waals surface area contributed by atoms with Crippen molar-refractivity contribution in [3.05, 3.63) is 59.2 Å². The van der Waals surface area contributed by atoms with Crippen LogP contribution in [0, 0.1) is 12.7 Å². The van der Waals surface area contributed by atoms with Crippen LogP contribution in [0.25, 0.3) is 0 Å². The van der Waals surface area contributed by atoms with Crippen molar-refractivity contribution < 1.29 is 9.50 Å². The maximum absolute atomic E-state index is 13.7. The molecular formula is C16H19FN2O. The van der Waals surface area contributed by atoms with Crippen LogP contribution in [-0.4, -0.2) is 17.1 Å². The monoisotopic (exact) mass is 274 g/mol. The largest absolute Gasteiger partial charge is 0.389 e. The van der Waals surface area contributed by atoms with Gasteiger partial charge in [-0.05, 0) is 43.7 Å². The zero-order valence-electron chi connectivity index (χ0n) is 12.0. The highest BCUT2D eigenvalue weighted by molar-refractivity contribution is 5.56. The molecule has 0 aliphatic carbocycles. The van der Waals surface area contributed by atoms with Crippen molar-refractivity contribution in [1.82, 2.24) is 4.98 Å². The number of hydrogen-bond acceptors (Lipinski definition) is 3. The molecule has 1 aromatic carbocycles. The van der Waals surface area contributed by atoms with Crippen LogP contribution < -0.4 is 4.90 Å². The molecule has 0 aliphatic rings. The van der Waals surface area contributed by atoms with Crippen LogP contribution in [0.3, 0.4) is 0 Å². The van der Waals surface area contributed by atoms with Gasteiger partial charge >= 0.3 is 0 Å². The molecule has 0 aliphatic heterocycles. The summed E-state index contributed by atoms with van der Waals surface area (Å²) in [5.41, 5.74) is 2.90. The molecule has 0 bridgehead atoms. The van der Waals surface area contributed by atoms with Gasteiger partial charge in [-0.15, -0.1) is 0 Å². The van der Waals surface area contributed by atoms with Gasteiger partial charge in [0.15, 0.2) is 0 Å². The van der Waals surface area contributed by atoms with Gasteiger partial charge in [-0.3, -0.25) is 4.98 Å². The number of aliphatic hydroxyl groups is 1. The Morgan fingerprint density at radius 3 is 2.70 bits per heavy atom. The molecule has 3 nitrogen and oxygen atoms in total. The van der Waals surface area contributed by atoms with Gasteiger partial charge in [-0.1, -0.05) is 6.07 Å². The minimum Gasteiger partial charge on any atom is -0.389 e. The van der Waals surface area contributed by atoms with E-state index >= 15 is 0 Å². The first-order valence-electron chi connectivity index (χ1n) is 6.58. The molecule has 1 atom stereocenters.